The number of amides is 2. The molecule has 0 spiro atoms. The minimum atomic E-state index is -0.679. The van der Waals surface area contributed by atoms with Crippen molar-refractivity contribution in [1.82, 2.24) is 10.2 Å². The monoisotopic (exact) mass is 266 g/mol. The third-order valence-corrected chi connectivity index (χ3v) is 4.57. The van der Waals surface area contributed by atoms with E-state index in [1.165, 1.54) is 12.8 Å². The molecule has 2 amide bonds. The van der Waals surface area contributed by atoms with Crippen LogP contribution in [0.4, 0.5) is 0 Å². The Labute approximate surface area is 115 Å². The van der Waals surface area contributed by atoms with E-state index in [0.29, 0.717) is 12.3 Å². The van der Waals surface area contributed by atoms with Crippen molar-refractivity contribution in [3.63, 3.8) is 0 Å². The van der Waals surface area contributed by atoms with Crippen LogP contribution in [0.15, 0.2) is 0 Å². The van der Waals surface area contributed by atoms with E-state index in [9.17, 15) is 9.59 Å². The Morgan fingerprint density at radius 2 is 1.89 bits per heavy atom. The molecule has 2 fully saturated rings. The summed E-state index contributed by atoms with van der Waals surface area (Å²) in [6.45, 7) is 10.6. The molecule has 0 aromatic heterocycles. The molecule has 1 aliphatic carbocycles. The molecular formula is C15H26N2O2. The molecule has 4 nitrogen and oxygen atoms in total. The van der Waals surface area contributed by atoms with Crippen LogP contribution in [0.25, 0.3) is 0 Å². The molecular weight excluding hydrogens is 240 g/mol. The highest BCUT2D eigenvalue weighted by molar-refractivity contribution is 6.00. The lowest BCUT2D eigenvalue weighted by molar-refractivity contribution is -0.160. The van der Waals surface area contributed by atoms with E-state index in [4.69, 9.17) is 0 Å². The highest BCUT2D eigenvalue weighted by Crippen LogP contribution is 2.36. The Morgan fingerprint density at radius 3 is 2.32 bits per heavy atom. The van der Waals surface area contributed by atoms with Gasteiger partial charge in [-0.3, -0.25) is 9.59 Å². The first-order valence-electron chi connectivity index (χ1n) is 7.32. The van der Waals surface area contributed by atoms with Crippen LogP contribution in [0, 0.1) is 11.3 Å². The minimum Gasteiger partial charge on any atom is -0.342 e. The number of carbonyl (C=O) groups excluding carboxylic acids is 2. The number of hydrogen-bond donors (Lipinski definition) is 1. The minimum absolute atomic E-state index is 0.00447. The summed E-state index contributed by atoms with van der Waals surface area (Å²) < 4.78 is 0. The average Bonchev–Trinajstić information content (AvgIpc) is 3.11. The fraction of sp³-hybridized carbons (Fsp3) is 0.867. The zero-order valence-corrected chi connectivity index (χ0v) is 12.7. The average molecular weight is 266 g/mol. The maximum atomic E-state index is 12.8. The summed E-state index contributed by atoms with van der Waals surface area (Å²) in [6, 6.07) is -0.404. The van der Waals surface area contributed by atoms with Gasteiger partial charge in [0, 0.05) is 6.54 Å². The molecule has 1 saturated heterocycles. The standard InChI is InChI=1S/C15H26N2O2/c1-6-15(5)13(19)16-11(14(2,3)4)12(18)17(15)9-10-7-8-10/h10-11H,6-9H2,1-5H3,(H,16,19). The first kappa shape index (κ1) is 14.4. The largest absolute Gasteiger partial charge is 0.342 e. The normalized spacial score (nSPS) is 32.5. The third-order valence-electron chi connectivity index (χ3n) is 4.57. The Hall–Kier alpha value is -1.06. The van der Waals surface area contributed by atoms with Gasteiger partial charge in [0.05, 0.1) is 0 Å². The Morgan fingerprint density at radius 1 is 1.32 bits per heavy atom. The quantitative estimate of drug-likeness (QED) is 0.848. The van der Waals surface area contributed by atoms with Gasteiger partial charge in [-0.05, 0) is 37.5 Å². The van der Waals surface area contributed by atoms with E-state index in [-0.39, 0.29) is 17.2 Å². The van der Waals surface area contributed by atoms with Crippen LogP contribution in [-0.2, 0) is 9.59 Å². The van der Waals surface area contributed by atoms with Crippen molar-refractivity contribution in [2.45, 2.75) is 65.5 Å². The van der Waals surface area contributed by atoms with Gasteiger partial charge >= 0.3 is 0 Å². The summed E-state index contributed by atoms with van der Waals surface area (Å²) >= 11 is 0. The van der Waals surface area contributed by atoms with Gasteiger partial charge in [-0.15, -0.1) is 0 Å². The molecule has 2 rings (SSSR count). The van der Waals surface area contributed by atoms with Crippen LogP contribution in [-0.4, -0.2) is 34.8 Å². The molecule has 0 aromatic carbocycles. The second kappa shape index (κ2) is 4.50. The number of piperazine rings is 1. The molecule has 19 heavy (non-hydrogen) atoms. The van der Waals surface area contributed by atoms with Crippen molar-refractivity contribution >= 4 is 11.8 Å². The Bertz CT molecular complexity index is 395. The first-order chi connectivity index (χ1) is 8.70. The fourth-order valence-corrected chi connectivity index (χ4v) is 2.66. The van der Waals surface area contributed by atoms with E-state index in [2.05, 4.69) is 5.32 Å². The molecule has 1 saturated carbocycles. The summed E-state index contributed by atoms with van der Waals surface area (Å²) in [4.78, 5) is 27.1. The van der Waals surface area contributed by atoms with Gasteiger partial charge in [-0.1, -0.05) is 27.7 Å². The van der Waals surface area contributed by atoms with E-state index in [1.54, 1.807) is 0 Å². The van der Waals surface area contributed by atoms with Crippen molar-refractivity contribution in [3.8, 4) is 0 Å². The molecule has 2 aliphatic rings. The van der Waals surface area contributed by atoms with Crippen molar-refractivity contribution in [2.24, 2.45) is 11.3 Å². The summed E-state index contributed by atoms with van der Waals surface area (Å²) in [5, 5.41) is 2.94. The number of nitrogens with one attached hydrogen (secondary N) is 1. The van der Waals surface area contributed by atoms with E-state index >= 15 is 0 Å². The van der Waals surface area contributed by atoms with Gasteiger partial charge in [0.1, 0.15) is 11.6 Å². The number of rotatable bonds is 3. The second-order valence-corrected chi connectivity index (χ2v) is 7.29. The van der Waals surface area contributed by atoms with E-state index in [0.717, 1.165) is 6.54 Å². The molecule has 4 heteroatoms. The number of hydrogen-bond acceptors (Lipinski definition) is 2. The number of nitrogens with zero attached hydrogens (tertiary/aromatic N) is 1. The second-order valence-electron chi connectivity index (χ2n) is 7.29. The third kappa shape index (κ3) is 2.49. The highest BCUT2D eigenvalue weighted by atomic mass is 16.2. The summed E-state index contributed by atoms with van der Waals surface area (Å²) in [7, 11) is 0. The van der Waals surface area contributed by atoms with E-state index < -0.39 is 11.6 Å². The van der Waals surface area contributed by atoms with E-state index in [1.807, 2.05) is 39.5 Å². The lowest BCUT2D eigenvalue weighted by Crippen LogP contribution is -2.71. The highest BCUT2D eigenvalue weighted by Gasteiger charge is 2.52. The first-order valence-corrected chi connectivity index (χ1v) is 7.32. The summed E-state index contributed by atoms with van der Waals surface area (Å²) in [6.07, 6.45) is 3.03. The van der Waals surface area contributed by atoms with Crippen LogP contribution in [0.2, 0.25) is 0 Å². The van der Waals surface area contributed by atoms with Crippen LogP contribution in [0.3, 0.4) is 0 Å². The van der Waals surface area contributed by atoms with Crippen molar-refractivity contribution in [2.75, 3.05) is 6.54 Å². The molecule has 0 aromatic rings. The fourth-order valence-electron chi connectivity index (χ4n) is 2.66. The van der Waals surface area contributed by atoms with Gasteiger partial charge in [0.15, 0.2) is 0 Å². The van der Waals surface area contributed by atoms with Crippen LogP contribution >= 0.6 is 0 Å². The van der Waals surface area contributed by atoms with Gasteiger partial charge in [-0.25, -0.2) is 0 Å². The molecule has 2 atom stereocenters. The molecule has 1 heterocycles. The molecule has 2 unspecified atom stereocenters. The lowest BCUT2D eigenvalue weighted by Gasteiger charge is -2.49. The maximum Gasteiger partial charge on any atom is 0.246 e. The number of carbonyl (C=O) groups is 2. The molecule has 1 aliphatic heterocycles. The van der Waals surface area contributed by atoms with Gasteiger partial charge in [-0.2, -0.15) is 0 Å². The zero-order valence-electron chi connectivity index (χ0n) is 12.7. The van der Waals surface area contributed by atoms with Crippen molar-refractivity contribution in [3.05, 3.63) is 0 Å². The SMILES string of the molecule is CCC1(C)C(=O)NC(C(C)(C)C)C(=O)N1CC1CC1. The molecule has 108 valence electrons. The van der Waals surface area contributed by atoms with Gasteiger partial charge in [0.25, 0.3) is 0 Å². The zero-order chi connectivity index (χ0) is 14.4. The van der Waals surface area contributed by atoms with Crippen LogP contribution in [0.1, 0.15) is 53.9 Å². The molecule has 0 bridgehead atoms. The summed E-state index contributed by atoms with van der Waals surface area (Å²) in [5.74, 6) is 0.680. The van der Waals surface area contributed by atoms with Gasteiger partial charge in [0.2, 0.25) is 11.8 Å². The predicted molar refractivity (Wildman–Crippen MR) is 74.5 cm³/mol. The van der Waals surface area contributed by atoms with Crippen LogP contribution < -0.4 is 5.32 Å². The Kier molecular flexibility index (Phi) is 3.40. The molecule has 0 radical (unpaired) electrons. The Balaban J connectivity index is 2.30. The van der Waals surface area contributed by atoms with Gasteiger partial charge < -0.3 is 10.2 Å². The smallest absolute Gasteiger partial charge is 0.246 e. The predicted octanol–water partition coefficient (Wildman–Crippen LogP) is 1.94. The van der Waals surface area contributed by atoms with Crippen molar-refractivity contribution < 1.29 is 9.59 Å². The lowest BCUT2D eigenvalue weighted by atomic mass is 9.80. The maximum absolute atomic E-state index is 12.8. The molecule has 1 N–H and O–H groups in total. The van der Waals surface area contributed by atoms with Crippen molar-refractivity contribution in [1.29, 1.82) is 0 Å². The summed E-state index contributed by atoms with van der Waals surface area (Å²) in [5.41, 5.74) is -0.926. The topological polar surface area (TPSA) is 49.4 Å². The van der Waals surface area contributed by atoms with Crippen LogP contribution in [0.5, 0.6) is 0 Å².